The van der Waals surface area contributed by atoms with E-state index in [1.807, 2.05) is 6.92 Å². The number of nitrogens with zero attached hydrogens (tertiary/aromatic N) is 2. The molecule has 1 aromatic heterocycles. The molecule has 1 unspecified atom stereocenters. The highest BCUT2D eigenvalue weighted by molar-refractivity contribution is 5.92. The highest BCUT2D eigenvalue weighted by Crippen LogP contribution is 2.09. The van der Waals surface area contributed by atoms with Crippen molar-refractivity contribution >= 4 is 5.91 Å². The summed E-state index contributed by atoms with van der Waals surface area (Å²) in [6, 6.07) is 7.39. The highest BCUT2D eigenvalue weighted by Gasteiger charge is 2.11. The smallest absolute Gasteiger partial charge is 0.271 e. The van der Waals surface area contributed by atoms with Crippen molar-refractivity contribution < 1.29 is 14.3 Å². The summed E-state index contributed by atoms with van der Waals surface area (Å²) in [6.07, 6.45) is 2.59. The third-order valence-electron chi connectivity index (χ3n) is 3.03. The number of aromatic nitrogens is 2. The SMILES string of the molecule is CCCC(O)CNC(=O)c1ccn(-c2ccc(F)cc2)n1. The fraction of sp³-hybridized carbons (Fsp3) is 0.333. The van der Waals surface area contributed by atoms with Crippen LogP contribution in [-0.2, 0) is 0 Å². The molecule has 1 atom stereocenters. The molecule has 0 saturated heterocycles. The van der Waals surface area contributed by atoms with Gasteiger partial charge in [0.1, 0.15) is 5.82 Å². The number of aliphatic hydroxyl groups excluding tert-OH is 1. The minimum Gasteiger partial charge on any atom is -0.391 e. The fourth-order valence-corrected chi connectivity index (χ4v) is 1.92. The minimum absolute atomic E-state index is 0.204. The Morgan fingerprint density at radius 2 is 2.10 bits per heavy atom. The van der Waals surface area contributed by atoms with Gasteiger partial charge in [0.15, 0.2) is 5.69 Å². The van der Waals surface area contributed by atoms with Gasteiger partial charge in [-0.15, -0.1) is 0 Å². The Hall–Kier alpha value is -2.21. The number of aliphatic hydroxyl groups is 1. The maximum atomic E-state index is 12.9. The lowest BCUT2D eigenvalue weighted by atomic mass is 10.2. The summed E-state index contributed by atoms with van der Waals surface area (Å²) in [6.45, 7) is 2.17. The average molecular weight is 291 g/mol. The fourth-order valence-electron chi connectivity index (χ4n) is 1.92. The first kappa shape index (κ1) is 15.2. The summed E-state index contributed by atoms with van der Waals surface area (Å²) in [5.41, 5.74) is 0.921. The third-order valence-corrected chi connectivity index (χ3v) is 3.03. The van der Waals surface area contributed by atoms with Crippen LogP contribution in [0.5, 0.6) is 0 Å². The molecular weight excluding hydrogens is 273 g/mol. The van der Waals surface area contributed by atoms with Gasteiger partial charge in [0.2, 0.25) is 0 Å². The number of benzene rings is 1. The van der Waals surface area contributed by atoms with Crippen LogP contribution in [0, 0.1) is 5.82 Å². The summed E-state index contributed by atoms with van der Waals surface area (Å²) in [4.78, 5) is 11.9. The summed E-state index contributed by atoms with van der Waals surface area (Å²) < 4.78 is 14.4. The molecule has 0 bridgehead atoms. The second-order valence-corrected chi connectivity index (χ2v) is 4.77. The van der Waals surface area contributed by atoms with Crippen LogP contribution in [0.25, 0.3) is 5.69 Å². The maximum absolute atomic E-state index is 12.9. The van der Waals surface area contributed by atoms with Gasteiger partial charge in [0, 0.05) is 12.7 Å². The van der Waals surface area contributed by atoms with Crippen molar-refractivity contribution in [2.24, 2.45) is 0 Å². The van der Waals surface area contributed by atoms with Crippen molar-refractivity contribution in [1.82, 2.24) is 15.1 Å². The molecule has 1 amide bonds. The largest absolute Gasteiger partial charge is 0.391 e. The van der Waals surface area contributed by atoms with E-state index in [0.717, 1.165) is 6.42 Å². The van der Waals surface area contributed by atoms with Gasteiger partial charge in [-0.2, -0.15) is 5.10 Å². The Bertz CT molecular complexity index is 595. The lowest BCUT2D eigenvalue weighted by molar-refractivity contribution is 0.0905. The Labute approximate surface area is 122 Å². The van der Waals surface area contributed by atoms with E-state index in [9.17, 15) is 14.3 Å². The highest BCUT2D eigenvalue weighted by atomic mass is 19.1. The predicted octanol–water partition coefficient (Wildman–Crippen LogP) is 1.90. The van der Waals surface area contributed by atoms with E-state index in [4.69, 9.17) is 0 Å². The number of carbonyl (C=O) groups excluding carboxylic acids is 1. The first-order valence-electron chi connectivity index (χ1n) is 6.88. The zero-order valence-electron chi connectivity index (χ0n) is 11.8. The molecule has 0 saturated carbocycles. The molecule has 0 fully saturated rings. The molecule has 0 aliphatic heterocycles. The summed E-state index contributed by atoms with van der Waals surface area (Å²) in [7, 11) is 0. The van der Waals surface area contributed by atoms with Gasteiger partial charge in [-0.25, -0.2) is 9.07 Å². The molecule has 112 valence electrons. The van der Waals surface area contributed by atoms with Crippen LogP contribution in [0.2, 0.25) is 0 Å². The van der Waals surface area contributed by atoms with Crippen LogP contribution in [0.1, 0.15) is 30.3 Å². The number of carbonyl (C=O) groups is 1. The molecule has 0 radical (unpaired) electrons. The average Bonchev–Trinajstić information content (AvgIpc) is 2.96. The van der Waals surface area contributed by atoms with Crippen LogP contribution in [0.4, 0.5) is 4.39 Å². The van der Waals surface area contributed by atoms with Crippen LogP contribution in [-0.4, -0.2) is 33.4 Å². The minimum atomic E-state index is -0.543. The second-order valence-electron chi connectivity index (χ2n) is 4.77. The van der Waals surface area contributed by atoms with Crippen molar-refractivity contribution in [3.05, 3.63) is 48.0 Å². The second kappa shape index (κ2) is 6.99. The van der Waals surface area contributed by atoms with E-state index < -0.39 is 6.10 Å². The molecule has 1 aromatic carbocycles. The monoisotopic (exact) mass is 291 g/mol. The predicted molar refractivity (Wildman–Crippen MR) is 76.8 cm³/mol. The van der Waals surface area contributed by atoms with Gasteiger partial charge in [0.05, 0.1) is 11.8 Å². The lowest BCUT2D eigenvalue weighted by Crippen LogP contribution is -2.32. The van der Waals surface area contributed by atoms with E-state index >= 15 is 0 Å². The zero-order valence-corrected chi connectivity index (χ0v) is 11.8. The first-order valence-corrected chi connectivity index (χ1v) is 6.88. The zero-order chi connectivity index (χ0) is 15.2. The van der Waals surface area contributed by atoms with Crippen molar-refractivity contribution in [2.45, 2.75) is 25.9 Å². The van der Waals surface area contributed by atoms with Crippen LogP contribution in [0.15, 0.2) is 36.5 Å². The van der Waals surface area contributed by atoms with E-state index in [1.165, 1.54) is 16.8 Å². The Morgan fingerprint density at radius 1 is 1.38 bits per heavy atom. The lowest BCUT2D eigenvalue weighted by Gasteiger charge is -2.09. The summed E-state index contributed by atoms with van der Waals surface area (Å²) in [5, 5.41) is 16.3. The van der Waals surface area contributed by atoms with E-state index in [1.54, 1.807) is 24.4 Å². The molecule has 5 nitrogen and oxygen atoms in total. The normalized spacial score (nSPS) is 12.1. The quantitative estimate of drug-likeness (QED) is 0.854. The number of halogens is 1. The molecular formula is C15H18FN3O2. The third kappa shape index (κ3) is 4.13. The van der Waals surface area contributed by atoms with Gasteiger partial charge in [-0.05, 0) is 36.8 Å². The van der Waals surface area contributed by atoms with Crippen LogP contribution in [0.3, 0.4) is 0 Å². The molecule has 2 rings (SSSR count). The Kier molecular flexibility index (Phi) is 5.05. The van der Waals surface area contributed by atoms with Crippen molar-refractivity contribution in [2.75, 3.05) is 6.54 Å². The van der Waals surface area contributed by atoms with Gasteiger partial charge >= 0.3 is 0 Å². The number of nitrogens with one attached hydrogen (secondary N) is 1. The van der Waals surface area contributed by atoms with Crippen molar-refractivity contribution in [3.63, 3.8) is 0 Å². The molecule has 1 heterocycles. The van der Waals surface area contributed by atoms with Crippen molar-refractivity contribution in [1.29, 1.82) is 0 Å². The van der Waals surface area contributed by atoms with Gasteiger partial charge in [-0.1, -0.05) is 13.3 Å². The molecule has 0 aliphatic rings. The molecule has 0 aliphatic carbocycles. The molecule has 2 N–H and O–H groups in total. The van der Waals surface area contributed by atoms with Gasteiger partial charge in [-0.3, -0.25) is 4.79 Å². The molecule has 21 heavy (non-hydrogen) atoms. The van der Waals surface area contributed by atoms with Gasteiger partial charge < -0.3 is 10.4 Å². The molecule has 0 spiro atoms. The number of hydrogen-bond donors (Lipinski definition) is 2. The van der Waals surface area contributed by atoms with E-state index in [-0.39, 0.29) is 24.0 Å². The maximum Gasteiger partial charge on any atom is 0.271 e. The van der Waals surface area contributed by atoms with Crippen LogP contribution >= 0.6 is 0 Å². The molecule has 2 aromatic rings. The van der Waals surface area contributed by atoms with Crippen molar-refractivity contribution in [3.8, 4) is 5.69 Å². The summed E-state index contributed by atoms with van der Waals surface area (Å²) in [5.74, 6) is -0.667. The number of rotatable bonds is 6. The first-order chi connectivity index (χ1) is 10.1. The topological polar surface area (TPSA) is 67.2 Å². The van der Waals surface area contributed by atoms with E-state index in [2.05, 4.69) is 10.4 Å². The standard InChI is InChI=1S/C15H18FN3O2/c1-2-3-13(20)10-17-15(21)14-8-9-19(18-14)12-6-4-11(16)5-7-12/h4-9,13,20H,2-3,10H2,1H3,(H,17,21). The van der Waals surface area contributed by atoms with Gasteiger partial charge in [0.25, 0.3) is 5.91 Å². The summed E-state index contributed by atoms with van der Waals surface area (Å²) >= 11 is 0. The van der Waals surface area contributed by atoms with E-state index in [0.29, 0.717) is 12.1 Å². The molecule has 6 heteroatoms. The number of hydrogen-bond acceptors (Lipinski definition) is 3. The number of amides is 1. The van der Waals surface area contributed by atoms with Crippen LogP contribution < -0.4 is 5.32 Å². The Morgan fingerprint density at radius 3 is 2.76 bits per heavy atom. The Balaban J connectivity index is 1.99.